The molecular formula is C18H24N4O2. The fourth-order valence-electron chi connectivity index (χ4n) is 3.41. The smallest absolute Gasteiger partial charge is 0.269 e. The minimum Gasteiger partial charge on any atom is -0.299 e. The highest BCUT2D eigenvalue weighted by Gasteiger charge is 2.20. The van der Waals surface area contributed by atoms with Gasteiger partial charge < -0.3 is 0 Å². The van der Waals surface area contributed by atoms with Gasteiger partial charge in [-0.2, -0.15) is 5.10 Å². The molecule has 1 aromatic heterocycles. The second-order valence-electron chi connectivity index (χ2n) is 6.75. The van der Waals surface area contributed by atoms with Crippen molar-refractivity contribution in [2.75, 3.05) is 13.1 Å². The highest BCUT2D eigenvalue weighted by molar-refractivity contribution is 5.32. The molecule has 1 aromatic carbocycles. The van der Waals surface area contributed by atoms with E-state index in [0.29, 0.717) is 5.92 Å². The van der Waals surface area contributed by atoms with E-state index in [2.05, 4.69) is 27.7 Å². The number of hydrogen-bond donors (Lipinski definition) is 0. The van der Waals surface area contributed by atoms with E-state index in [9.17, 15) is 10.1 Å². The molecule has 0 amide bonds. The molecule has 6 heteroatoms. The van der Waals surface area contributed by atoms with Crippen LogP contribution in [0.4, 0.5) is 5.69 Å². The van der Waals surface area contributed by atoms with Crippen LogP contribution >= 0.6 is 0 Å². The summed E-state index contributed by atoms with van der Waals surface area (Å²) < 4.78 is 2.13. The summed E-state index contributed by atoms with van der Waals surface area (Å²) >= 11 is 0. The standard InChI is InChI=1S/C18H24N4O2/c1-14-11-15(2)21(19-14)13-17-7-9-20(10-8-17)12-16-3-5-18(6-4-16)22(23)24/h3-6,11,17H,7-10,12-13H2,1-2H3. The predicted octanol–water partition coefficient (Wildman–Crippen LogP) is 3.32. The van der Waals surface area contributed by atoms with Gasteiger partial charge in [0.25, 0.3) is 5.69 Å². The first-order chi connectivity index (χ1) is 11.5. The Kier molecular flexibility index (Phi) is 4.94. The molecule has 0 aliphatic carbocycles. The zero-order valence-corrected chi connectivity index (χ0v) is 14.3. The number of non-ortho nitro benzene ring substituents is 1. The zero-order valence-electron chi connectivity index (χ0n) is 14.3. The molecule has 3 rings (SSSR count). The van der Waals surface area contributed by atoms with E-state index >= 15 is 0 Å². The van der Waals surface area contributed by atoms with E-state index in [1.807, 2.05) is 19.1 Å². The maximum Gasteiger partial charge on any atom is 0.269 e. The quantitative estimate of drug-likeness (QED) is 0.624. The number of aromatic nitrogens is 2. The lowest BCUT2D eigenvalue weighted by Crippen LogP contribution is -2.34. The Morgan fingerprint density at radius 2 is 1.88 bits per heavy atom. The minimum absolute atomic E-state index is 0.155. The van der Waals surface area contributed by atoms with Crippen molar-refractivity contribution < 1.29 is 4.92 Å². The van der Waals surface area contributed by atoms with Crippen molar-refractivity contribution in [2.24, 2.45) is 5.92 Å². The lowest BCUT2D eigenvalue weighted by atomic mass is 9.96. The molecule has 0 bridgehead atoms. The average Bonchev–Trinajstić information content (AvgIpc) is 2.87. The van der Waals surface area contributed by atoms with E-state index in [1.165, 1.54) is 18.5 Å². The molecule has 0 radical (unpaired) electrons. The molecule has 1 aliphatic heterocycles. The lowest BCUT2D eigenvalue weighted by Gasteiger charge is -2.32. The van der Waals surface area contributed by atoms with Gasteiger partial charge in [0.15, 0.2) is 0 Å². The molecule has 0 saturated carbocycles. The van der Waals surface area contributed by atoms with E-state index in [1.54, 1.807) is 12.1 Å². The molecule has 0 N–H and O–H groups in total. The van der Waals surface area contributed by atoms with Gasteiger partial charge in [0.2, 0.25) is 0 Å². The maximum absolute atomic E-state index is 10.7. The number of benzene rings is 1. The van der Waals surface area contributed by atoms with Gasteiger partial charge >= 0.3 is 0 Å². The van der Waals surface area contributed by atoms with E-state index < -0.39 is 0 Å². The van der Waals surface area contributed by atoms with Crippen LogP contribution < -0.4 is 0 Å². The van der Waals surface area contributed by atoms with Crippen molar-refractivity contribution in [3.05, 3.63) is 57.4 Å². The minimum atomic E-state index is -0.353. The number of hydrogen-bond acceptors (Lipinski definition) is 4. The Labute approximate surface area is 142 Å². The summed E-state index contributed by atoms with van der Waals surface area (Å²) in [6.07, 6.45) is 2.34. The van der Waals surface area contributed by atoms with Gasteiger partial charge in [-0.05, 0) is 57.3 Å². The van der Waals surface area contributed by atoms with E-state index in [0.717, 1.165) is 37.4 Å². The van der Waals surface area contributed by atoms with Crippen LogP contribution in [-0.4, -0.2) is 32.7 Å². The Bertz CT molecular complexity index is 700. The molecule has 0 unspecified atom stereocenters. The number of piperidine rings is 1. The van der Waals surface area contributed by atoms with Crippen LogP contribution in [0.25, 0.3) is 0 Å². The second-order valence-corrected chi connectivity index (χ2v) is 6.75. The number of nitro groups is 1. The van der Waals surface area contributed by atoms with Crippen LogP contribution in [0.5, 0.6) is 0 Å². The Morgan fingerprint density at radius 3 is 2.42 bits per heavy atom. The molecular weight excluding hydrogens is 304 g/mol. The van der Waals surface area contributed by atoms with Gasteiger partial charge in [0, 0.05) is 30.9 Å². The Morgan fingerprint density at radius 1 is 1.21 bits per heavy atom. The summed E-state index contributed by atoms with van der Waals surface area (Å²) in [5.74, 6) is 0.677. The summed E-state index contributed by atoms with van der Waals surface area (Å²) in [7, 11) is 0. The normalized spacial score (nSPS) is 16.4. The summed E-state index contributed by atoms with van der Waals surface area (Å²) in [5.41, 5.74) is 3.61. The van der Waals surface area contributed by atoms with Crippen LogP contribution in [0.15, 0.2) is 30.3 Å². The number of nitro benzene ring substituents is 1. The van der Waals surface area contributed by atoms with Crippen LogP contribution in [0.1, 0.15) is 29.8 Å². The molecule has 2 heterocycles. The van der Waals surface area contributed by atoms with Crippen molar-refractivity contribution in [3.8, 4) is 0 Å². The Balaban J connectivity index is 1.50. The third-order valence-corrected chi connectivity index (χ3v) is 4.79. The van der Waals surface area contributed by atoms with Gasteiger partial charge in [0.05, 0.1) is 10.6 Å². The average molecular weight is 328 g/mol. The van der Waals surface area contributed by atoms with Gasteiger partial charge in [-0.25, -0.2) is 0 Å². The highest BCUT2D eigenvalue weighted by atomic mass is 16.6. The van der Waals surface area contributed by atoms with Crippen molar-refractivity contribution in [1.82, 2.24) is 14.7 Å². The summed E-state index contributed by atoms with van der Waals surface area (Å²) in [4.78, 5) is 12.8. The largest absolute Gasteiger partial charge is 0.299 e. The van der Waals surface area contributed by atoms with Crippen LogP contribution in [-0.2, 0) is 13.1 Å². The zero-order chi connectivity index (χ0) is 17.1. The monoisotopic (exact) mass is 328 g/mol. The van der Waals surface area contributed by atoms with Crippen molar-refractivity contribution >= 4 is 5.69 Å². The van der Waals surface area contributed by atoms with Crippen molar-refractivity contribution in [2.45, 2.75) is 39.8 Å². The topological polar surface area (TPSA) is 64.2 Å². The first kappa shape index (κ1) is 16.6. The van der Waals surface area contributed by atoms with Crippen molar-refractivity contribution in [1.29, 1.82) is 0 Å². The van der Waals surface area contributed by atoms with Gasteiger partial charge in [0.1, 0.15) is 0 Å². The number of rotatable bonds is 5. The SMILES string of the molecule is Cc1cc(C)n(CC2CCN(Cc3ccc([N+](=O)[O-])cc3)CC2)n1. The molecule has 1 aliphatic rings. The third kappa shape index (κ3) is 4.00. The van der Waals surface area contributed by atoms with Crippen LogP contribution in [0.3, 0.4) is 0 Å². The van der Waals surface area contributed by atoms with E-state index in [4.69, 9.17) is 0 Å². The fourth-order valence-corrected chi connectivity index (χ4v) is 3.41. The molecule has 24 heavy (non-hydrogen) atoms. The lowest BCUT2D eigenvalue weighted by molar-refractivity contribution is -0.384. The molecule has 0 atom stereocenters. The predicted molar refractivity (Wildman–Crippen MR) is 92.8 cm³/mol. The van der Waals surface area contributed by atoms with Crippen LogP contribution in [0, 0.1) is 29.9 Å². The molecule has 1 fully saturated rings. The summed E-state index contributed by atoms with van der Waals surface area (Å²) in [6.45, 7) is 8.16. The second kappa shape index (κ2) is 7.13. The number of likely N-dealkylation sites (tertiary alicyclic amines) is 1. The van der Waals surface area contributed by atoms with E-state index in [-0.39, 0.29) is 10.6 Å². The van der Waals surface area contributed by atoms with Gasteiger partial charge in [-0.15, -0.1) is 0 Å². The molecule has 2 aromatic rings. The first-order valence-electron chi connectivity index (χ1n) is 8.48. The highest BCUT2D eigenvalue weighted by Crippen LogP contribution is 2.22. The third-order valence-electron chi connectivity index (χ3n) is 4.79. The number of nitrogens with zero attached hydrogens (tertiary/aromatic N) is 4. The molecule has 6 nitrogen and oxygen atoms in total. The summed E-state index contributed by atoms with van der Waals surface area (Å²) in [5, 5.41) is 15.3. The maximum atomic E-state index is 10.7. The molecule has 0 spiro atoms. The summed E-state index contributed by atoms with van der Waals surface area (Å²) in [6, 6.07) is 9.03. The molecule has 1 saturated heterocycles. The molecule has 128 valence electrons. The number of aryl methyl sites for hydroxylation is 2. The fraction of sp³-hybridized carbons (Fsp3) is 0.500. The van der Waals surface area contributed by atoms with Crippen LogP contribution in [0.2, 0.25) is 0 Å². The van der Waals surface area contributed by atoms with Crippen molar-refractivity contribution in [3.63, 3.8) is 0 Å². The van der Waals surface area contributed by atoms with Gasteiger partial charge in [-0.3, -0.25) is 19.7 Å². The Hall–Kier alpha value is -2.21. The van der Waals surface area contributed by atoms with Gasteiger partial charge in [-0.1, -0.05) is 12.1 Å². The first-order valence-corrected chi connectivity index (χ1v) is 8.48.